The van der Waals surface area contributed by atoms with Crippen molar-refractivity contribution in [3.63, 3.8) is 0 Å². The molecule has 0 saturated carbocycles. The molecule has 4 heteroatoms. The van der Waals surface area contributed by atoms with Crippen molar-refractivity contribution in [3.05, 3.63) is 23.4 Å². The zero-order valence-corrected chi connectivity index (χ0v) is 12.1. The Kier molecular flexibility index (Phi) is 3.85. The summed E-state index contributed by atoms with van der Waals surface area (Å²) in [4.78, 5) is 7.41. The quantitative estimate of drug-likeness (QED) is 0.833. The zero-order valence-electron chi connectivity index (χ0n) is 11.3. The summed E-state index contributed by atoms with van der Waals surface area (Å²) in [5.41, 5.74) is 7.72. The van der Waals surface area contributed by atoms with Crippen LogP contribution in [0.15, 0.2) is 12.1 Å². The van der Waals surface area contributed by atoms with Crippen LogP contribution in [-0.2, 0) is 0 Å². The van der Waals surface area contributed by atoms with Gasteiger partial charge in [0.25, 0.3) is 0 Å². The highest BCUT2D eigenvalue weighted by atomic mass is 32.1. The molecule has 0 aliphatic carbocycles. The molecule has 1 fully saturated rings. The van der Waals surface area contributed by atoms with Gasteiger partial charge in [0.15, 0.2) is 0 Å². The molecule has 2 heterocycles. The fraction of sp³-hybridized carbons (Fsp3) is 0.571. The number of piperidine rings is 1. The van der Waals surface area contributed by atoms with E-state index in [2.05, 4.69) is 23.7 Å². The van der Waals surface area contributed by atoms with Crippen LogP contribution in [0.2, 0.25) is 0 Å². The van der Waals surface area contributed by atoms with Crippen LogP contribution >= 0.6 is 12.2 Å². The van der Waals surface area contributed by atoms with E-state index in [1.54, 1.807) is 0 Å². The summed E-state index contributed by atoms with van der Waals surface area (Å²) >= 11 is 5.13. The second-order valence-corrected chi connectivity index (χ2v) is 5.98. The van der Waals surface area contributed by atoms with Gasteiger partial charge in [0.1, 0.15) is 10.8 Å². The van der Waals surface area contributed by atoms with Crippen LogP contribution < -0.4 is 10.6 Å². The van der Waals surface area contributed by atoms with E-state index in [-0.39, 0.29) is 0 Å². The van der Waals surface area contributed by atoms with Gasteiger partial charge in [0.2, 0.25) is 0 Å². The summed E-state index contributed by atoms with van der Waals surface area (Å²) < 4.78 is 0. The molecule has 0 bridgehead atoms. The van der Waals surface area contributed by atoms with Crippen molar-refractivity contribution in [3.8, 4) is 0 Å². The first-order valence-corrected chi connectivity index (χ1v) is 6.90. The minimum absolute atomic E-state index is 0.434. The van der Waals surface area contributed by atoms with Crippen molar-refractivity contribution in [1.29, 1.82) is 0 Å². The number of aryl methyl sites for hydroxylation is 1. The largest absolute Gasteiger partial charge is 0.389 e. The van der Waals surface area contributed by atoms with Gasteiger partial charge in [-0.3, -0.25) is 0 Å². The van der Waals surface area contributed by atoms with E-state index in [1.807, 2.05) is 19.1 Å². The highest BCUT2D eigenvalue weighted by Gasteiger charge is 2.24. The van der Waals surface area contributed by atoms with Crippen LogP contribution in [0.4, 0.5) is 5.82 Å². The number of aromatic nitrogens is 1. The second kappa shape index (κ2) is 5.22. The van der Waals surface area contributed by atoms with Gasteiger partial charge >= 0.3 is 0 Å². The van der Waals surface area contributed by atoms with E-state index in [0.29, 0.717) is 16.8 Å². The van der Waals surface area contributed by atoms with E-state index in [4.69, 9.17) is 18.0 Å². The lowest BCUT2D eigenvalue weighted by atomic mass is 9.91. The lowest BCUT2D eigenvalue weighted by Gasteiger charge is -2.36. The smallest absolute Gasteiger partial charge is 0.139 e. The van der Waals surface area contributed by atoms with Gasteiger partial charge in [-0.1, -0.05) is 26.1 Å². The monoisotopic (exact) mass is 263 g/mol. The number of hydrogen-bond donors (Lipinski definition) is 1. The molecule has 1 aliphatic rings. The summed E-state index contributed by atoms with van der Waals surface area (Å²) in [7, 11) is 0. The van der Waals surface area contributed by atoms with Gasteiger partial charge in [0.05, 0.1) is 5.56 Å². The van der Waals surface area contributed by atoms with Gasteiger partial charge < -0.3 is 10.6 Å². The molecule has 0 amide bonds. The summed E-state index contributed by atoms with van der Waals surface area (Å²) in [5, 5.41) is 0. The Morgan fingerprint density at radius 1 is 1.33 bits per heavy atom. The Bertz CT molecular complexity index is 448. The third kappa shape index (κ3) is 2.80. The molecular formula is C14H21N3S. The van der Waals surface area contributed by atoms with E-state index < -0.39 is 0 Å². The molecule has 0 aromatic carbocycles. The number of anilines is 1. The molecule has 3 nitrogen and oxygen atoms in total. The third-order valence-electron chi connectivity index (χ3n) is 3.45. The lowest BCUT2D eigenvalue weighted by Crippen LogP contribution is -2.40. The highest BCUT2D eigenvalue weighted by Crippen LogP contribution is 2.27. The lowest BCUT2D eigenvalue weighted by molar-refractivity contribution is 0.355. The van der Waals surface area contributed by atoms with Crippen molar-refractivity contribution in [2.45, 2.75) is 27.2 Å². The molecule has 2 atom stereocenters. The number of pyridine rings is 1. The van der Waals surface area contributed by atoms with Crippen LogP contribution in [0.3, 0.4) is 0 Å². The van der Waals surface area contributed by atoms with Crippen molar-refractivity contribution < 1.29 is 0 Å². The Morgan fingerprint density at radius 2 is 1.94 bits per heavy atom. The SMILES string of the molecule is Cc1ccc(C(N)=S)c(N2CC(C)CC(C)C2)n1. The molecular weight excluding hydrogens is 242 g/mol. The summed E-state index contributed by atoms with van der Waals surface area (Å²) in [6.07, 6.45) is 1.28. The van der Waals surface area contributed by atoms with Gasteiger partial charge in [-0.15, -0.1) is 0 Å². The number of hydrogen-bond acceptors (Lipinski definition) is 3. The molecule has 2 N–H and O–H groups in total. The van der Waals surface area contributed by atoms with Crippen LogP contribution in [0.5, 0.6) is 0 Å². The first-order chi connectivity index (χ1) is 8.47. The average Bonchev–Trinajstić information content (AvgIpc) is 2.27. The Labute approximate surface area is 114 Å². The first kappa shape index (κ1) is 13.3. The molecule has 18 heavy (non-hydrogen) atoms. The van der Waals surface area contributed by atoms with Gasteiger partial charge in [-0.25, -0.2) is 4.98 Å². The van der Waals surface area contributed by atoms with Crippen molar-refractivity contribution >= 4 is 23.0 Å². The number of thiocarbonyl (C=S) groups is 1. The Morgan fingerprint density at radius 3 is 2.50 bits per heavy atom. The zero-order chi connectivity index (χ0) is 13.3. The fourth-order valence-electron chi connectivity index (χ4n) is 2.81. The number of rotatable bonds is 2. The van der Waals surface area contributed by atoms with Crippen molar-refractivity contribution in [2.75, 3.05) is 18.0 Å². The molecule has 2 unspecified atom stereocenters. The molecule has 1 aromatic rings. The third-order valence-corrected chi connectivity index (χ3v) is 3.67. The maximum Gasteiger partial charge on any atom is 0.139 e. The van der Waals surface area contributed by atoms with Gasteiger partial charge in [-0.2, -0.15) is 0 Å². The van der Waals surface area contributed by atoms with E-state index in [9.17, 15) is 0 Å². The van der Waals surface area contributed by atoms with Crippen LogP contribution in [0, 0.1) is 18.8 Å². The average molecular weight is 263 g/mol. The van der Waals surface area contributed by atoms with Gasteiger partial charge in [-0.05, 0) is 37.3 Å². The molecule has 0 spiro atoms. The van der Waals surface area contributed by atoms with Crippen molar-refractivity contribution in [2.24, 2.45) is 17.6 Å². The fourth-order valence-corrected chi connectivity index (χ4v) is 2.97. The second-order valence-electron chi connectivity index (χ2n) is 5.54. The minimum Gasteiger partial charge on any atom is -0.389 e. The van der Waals surface area contributed by atoms with Crippen LogP contribution in [-0.4, -0.2) is 23.1 Å². The van der Waals surface area contributed by atoms with Crippen molar-refractivity contribution in [1.82, 2.24) is 4.98 Å². The number of nitrogens with two attached hydrogens (primary N) is 1. The Hall–Kier alpha value is -1.16. The summed E-state index contributed by atoms with van der Waals surface area (Å²) in [6, 6.07) is 3.96. The molecule has 0 radical (unpaired) electrons. The molecule has 2 rings (SSSR count). The standard InChI is InChI=1S/C14H21N3S/c1-9-6-10(2)8-17(7-9)14-12(13(15)18)5-4-11(3)16-14/h4-5,9-10H,6-8H2,1-3H3,(H2,15,18). The molecule has 1 aromatic heterocycles. The van der Waals surface area contributed by atoms with E-state index in [1.165, 1.54) is 6.42 Å². The van der Waals surface area contributed by atoms with Crippen LogP contribution in [0.25, 0.3) is 0 Å². The molecule has 1 saturated heterocycles. The highest BCUT2D eigenvalue weighted by molar-refractivity contribution is 7.80. The molecule has 1 aliphatic heterocycles. The summed E-state index contributed by atoms with van der Waals surface area (Å²) in [6.45, 7) is 8.66. The van der Waals surface area contributed by atoms with Gasteiger partial charge in [0, 0.05) is 18.8 Å². The topological polar surface area (TPSA) is 42.1 Å². The predicted octanol–water partition coefficient (Wildman–Crippen LogP) is 2.51. The summed E-state index contributed by atoms with van der Waals surface area (Å²) in [5.74, 6) is 2.34. The van der Waals surface area contributed by atoms with E-state index in [0.717, 1.165) is 30.2 Å². The van der Waals surface area contributed by atoms with E-state index >= 15 is 0 Å². The number of nitrogens with zero attached hydrogens (tertiary/aromatic N) is 2. The first-order valence-electron chi connectivity index (χ1n) is 6.49. The Balaban J connectivity index is 2.36. The molecule has 98 valence electrons. The normalized spacial score (nSPS) is 24.1. The van der Waals surface area contributed by atoms with Crippen LogP contribution in [0.1, 0.15) is 31.5 Å². The maximum absolute atomic E-state index is 5.81. The minimum atomic E-state index is 0.434. The maximum atomic E-state index is 5.81. The predicted molar refractivity (Wildman–Crippen MR) is 80.0 cm³/mol.